The zero-order valence-corrected chi connectivity index (χ0v) is 9.67. The van der Waals surface area contributed by atoms with Gasteiger partial charge in [-0.2, -0.15) is 0 Å². The van der Waals surface area contributed by atoms with Crippen molar-refractivity contribution in [1.82, 2.24) is 0 Å². The van der Waals surface area contributed by atoms with Gasteiger partial charge in [-0.3, -0.25) is 0 Å². The van der Waals surface area contributed by atoms with E-state index in [1.54, 1.807) is 0 Å². The van der Waals surface area contributed by atoms with Crippen molar-refractivity contribution in [2.75, 3.05) is 5.33 Å². The minimum atomic E-state index is 0.340. The standard InChI is InChI=1S/C9H9BrO.C2H6/c10-6-8-5-7-3-1-2-4-9(7)11-8;1-2/h1-4,8H,5-6H2;1-2H3/t8-;/m1./s1. The first-order chi connectivity index (χ1) is 6.40. The maximum Gasteiger partial charge on any atom is 0.123 e. The van der Waals surface area contributed by atoms with Crippen molar-refractivity contribution in [3.8, 4) is 5.75 Å². The smallest absolute Gasteiger partial charge is 0.123 e. The van der Waals surface area contributed by atoms with Crippen LogP contribution in [0.1, 0.15) is 19.4 Å². The number of halogens is 1. The van der Waals surface area contributed by atoms with E-state index in [0.717, 1.165) is 17.5 Å². The van der Waals surface area contributed by atoms with Gasteiger partial charge in [-0.1, -0.05) is 48.0 Å². The molecule has 72 valence electrons. The fourth-order valence-corrected chi connectivity index (χ4v) is 1.70. The van der Waals surface area contributed by atoms with E-state index in [-0.39, 0.29) is 0 Å². The maximum absolute atomic E-state index is 5.61. The highest BCUT2D eigenvalue weighted by atomic mass is 79.9. The van der Waals surface area contributed by atoms with Gasteiger partial charge in [0, 0.05) is 11.8 Å². The molecule has 1 aromatic rings. The lowest BCUT2D eigenvalue weighted by atomic mass is 10.1. The van der Waals surface area contributed by atoms with Gasteiger partial charge < -0.3 is 4.74 Å². The Labute approximate surface area is 88.2 Å². The zero-order valence-electron chi connectivity index (χ0n) is 8.09. The summed E-state index contributed by atoms with van der Waals surface area (Å²) in [6.07, 6.45) is 1.38. The molecule has 0 radical (unpaired) electrons. The first-order valence-corrected chi connectivity index (χ1v) is 5.83. The average molecular weight is 243 g/mol. The number of hydrogen-bond donors (Lipinski definition) is 0. The third kappa shape index (κ3) is 2.47. The van der Waals surface area contributed by atoms with Crippen LogP contribution in [-0.2, 0) is 6.42 Å². The van der Waals surface area contributed by atoms with Crippen molar-refractivity contribution in [1.29, 1.82) is 0 Å². The Balaban J connectivity index is 0.000000396. The van der Waals surface area contributed by atoms with Crippen molar-refractivity contribution in [2.45, 2.75) is 26.4 Å². The quantitative estimate of drug-likeness (QED) is 0.687. The van der Waals surface area contributed by atoms with Crippen LogP contribution in [0, 0.1) is 0 Å². The summed E-state index contributed by atoms with van der Waals surface area (Å²) in [4.78, 5) is 0. The number of alkyl halides is 1. The van der Waals surface area contributed by atoms with Crippen LogP contribution >= 0.6 is 15.9 Å². The summed E-state index contributed by atoms with van der Waals surface area (Å²) in [6, 6.07) is 8.21. The van der Waals surface area contributed by atoms with Crippen molar-refractivity contribution in [2.24, 2.45) is 0 Å². The van der Waals surface area contributed by atoms with Crippen molar-refractivity contribution >= 4 is 15.9 Å². The van der Waals surface area contributed by atoms with E-state index in [1.807, 2.05) is 26.0 Å². The fourth-order valence-electron chi connectivity index (χ4n) is 1.34. The van der Waals surface area contributed by atoms with Crippen LogP contribution in [0.25, 0.3) is 0 Å². The Kier molecular flexibility index (Phi) is 4.29. The number of fused-ring (bicyclic) bond motifs is 1. The van der Waals surface area contributed by atoms with E-state index in [1.165, 1.54) is 5.56 Å². The number of hydrogen-bond acceptors (Lipinski definition) is 1. The second-order valence-electron chi connectivity index (χ2n) is 2.71. The minimum Gasteiger partial charge on any atom is -0.489 e. The summed E-state index contributed by atoms with van der Waals surface area (Å²) in [7, 11) is 0. The lowest BCUT2D eigenvalue weighted by molar-refractivity contribution is 0.260. The molecule has 2 rings (SSSR count). The van der Waals surface area contributed by atoms with E-state index in [4.69, 9.17) is 4.74 Å². The fraction of sp³-hybridized carbons (Fsp3) is 0.455. The van der Waals surface area contributed by atoms with E-state index in [9.17, 15) is 0 Å². The predicted octanol–water partition coefficient (Wildman–Crippen LogP) is 3.41. The average Bonchev–Trinajstić information content (AvgIpc) is 2.63. The van der Waals surface area contributed by atoms with E-state index >= 15 is 0 Å². The molecule has 0 bridgehead atoms. The SMILES string of the molecule is BrC[C@H]1Cc2ccccc2O1.CC. The molecule has 0 N–H and O–H groups in total. The molecule has 1 aliphatic rings. The molecule has 0 amide bonds. The highest BCUT2D eigenvalue weighted by Crippen LogP contribution is 2.28. The van der Waals surface area contributed by atoms with Gasteiger partial charge >= 0.3 is 0 Å². The molecule has 2 heteroatoms. The Morgan fingerprint density at radius 2 is 2.08 bits per heavy atom. The summed E-state index contributed by atoms with van der Waals surface area (Å²) < 4.78 is 5.61. The molecule has 0 spiro atoms. The molecule has 1 atom stereocenters. The van der Waals surface area contributed by atoms with Crippen molar-refractivity contribution in [3.05, 3.63) is 29.8 Å². The van der Waals surface area contributed by atoms with E-state index < -0.39 is 0 Å². The number of benzene rings is 1. The van der Waals surface area contributed by atoms with Crippen LogP contribution in [0.2, 0.25) is 0 Å². The van der Waals surface area contributed by atoms with Gasteiger partial charge in [0.2, 0.25) is 0 Å². The molecule has 0 unspecified atom stereocenters. The Bertz CT molecular complexity index is 235. The maximum atomic E-state index is 5.61. The molecule has 0 aliphatic carbocycles. The Hall–Kier alpha value is -0.500. The normalized spacial score (nSPS) is 18.2. The lowest BCUT2D eigenvalue weighted by Crippen LogP contribution is -2.13. The summed E-state index contributed by atoms with van der Waals surface area (Å²) >= 11 is 3.41. The highest BCUT2D eigenvalue weighted by molar-refractivity contribution is 9.09. The molecule has 0 fully saturated rings. The van der Waals surface area contributed by atoms with Crippen molar-refractivity contribution < 1.29 is 4.74 Å². The summed E-state index contributed by atoms with van der Waals surface area (Å²) in [5, 5.41) is 0.918. The van der Waals surface area contributed by atoms with E-state index in [2.05, 4.69) is 28.1 Å². The first kappa shape index (κ1) is 10.6. The second-order valence-corrected chi connectivity index (χ2v) is 3.35. The lowest BCUT2D eigenvalue weighted by Gasteiger charge is -2.04. The van der Waals surface area contributed by atoms with Gasteiger partial charge in [0.1, 0.15) is 11.9 Å². The van der Waals surface area contributed by atoms with Gasteiger partial charge in [0.25, 0.3) is 0 Å². The number of para-hydroxylation sites is 1. The summed E-state index contributed by atoms with van der Waals surface area (Å²) in [6.45, 7) is 4.00. The largest absolute Gasteiger partial charge is 0.489 e. The van der Waals surface area contributed by atoms with Crippen LogP contribution in [0.15, 0.2) is 24.3 Å². The molecular weight excluding hydrogens is 228 g/mol. The molecule has 13 heavy (non-hydrogen) atoms. The van der Waals surface area contributed by atoms with Crippen LogP contribution in [-0.4, -0.2) is 11.4 Å². The van der Waals surface area contributed by atoms with Crippen LogP contribution in [0.5, 0.6) is 5.75 Å². The van der Waals surface area contributed by atoms with Crippen LogP contribution in [0.4, 0.5) is 0 Å². The van der Waals surface area contributed by atoms with Gasteiger partial charge in [-0.25, -0.2) is 0 Å². The topological polar surface area (TPSA) is 9.23 Å². The van der Waals surface area contributed by atoms with Crippen LogP contribution in [0.3, 0.4) is 0 Å². The molecular formula is C11H15BrO. The third-order valence-corrected chi connectivity index (χ3v) is 2.61. The molecule has 1 aromatic carbocycles. The highest BCUT2D eigenvalue weighted by Gasteiger charge is 2.20. The zero-order chi connectivity index (χ0) is 9.68. The van der Waals surface area contributed by atoms with Crippen molar-refractivity contribution in [3.63, 3.8) is 0 Å². The molecule has 0 aromatic heterocycles. The van der Waals surface area contributed by atoms with Gasteiger partial charge in [0.05, 0.1) is 0 Å². The second kappa shape index (κ2) is 5.28. The molecule has 1 heterocycles. The molecule has 1 nitrogen and oxygen atoms in total. The summed E-state index contributed by atoms with van der Waals surface area (Å²) in [5.41, 5.74) is 1.33. The summed E-state index contributed by atoms with van der Waals surface area (Å²) in [5.74, 6) is 1.05. The van der Waals surface area contributed by atoms with Gasteiger partial charge in [0.15, 0.2) is 0 Å². The number of rotatable bonds is 1. The first-order valence-electron chi connectivity index (χ1n) is 4.70. The van der Waals surface area contributed by atoms with E-state index in [0.29, 0.717) is 6.10 Å². The monoisotopic (exact) mass is 242 g/mol. The number of ether oxygens (including phenoxy) is 1. The van der Waals surface area contributed by atoms with Crippen LogP contribution < -0.4 is 4.74 Å². The van der Waals surface area contributed by atoms with Gasteiger partial charge in [-0.15, -0.1) is 0 Å². The van der Waals surface area contributed by atoms with Gasteiger partial charge in [-0.05, 0) is 11.6 Å². The molecule has 0 saturated heterocycles. The predicted molar refractivity (Wildman–Crippen MR) is 59.7 cm³/mol. The third-order valence-electron chi connectivity index (χ3n) is 1.89. The molecule has 1 aliphatic heterocycles. The molecule has 0 saturated carbocycles. The Morgan fingerprint density at radius 1 is 1.38 bits per heavy atom. The Morgan fingerprint density at radius 3 is 2.69 bits per heavy atom. The minimum absolute atomic E-state index is 0.340.